The molecule has 0 saturated heterocycles. The Morgan fingerprint density at radius 2 is 1.06 bits per heavy atom. The van der Waals surface area contributed by atoms with Gasteiger partial charge in [0.15, 0.2) is 5.78 Å². The number of nitrogen functional groups attached to an aromatic ring is 4. The Morgan fingerprint density at radius 1 is 0.629 bits per heavy atom. The third-order valence-corrected chi connectivity index (χ3v) is 10.6. The first kappa shape index (κ1) is 83.6. The van der Waals surface area contributed by atoms with Crippen LogP contribution in [0.15, 0.2) is 158 Å². The van der Waals surface area contributed by atoms with Crippen molar-refractivity contribution in [2.45, 2.75) is 53.4 Å². The van der Waals surface area contributed by atoms with Gasteiger partial charge in [0.25, 0.3) is 11.8 Å². The van der Waals surface area contributed by atoms with E-state index < -0.39 is 5.97 Å². The highest BCUT2D eigenvalue weighted by atomic mass is 127. The molecule has 4 aromatic heterocycles. The monoisotopic (exact) mass is 1600 g/mol. The van der Waals surface area contributed by atoms with Crippen LogP contribution >= 0.6 is 91.0 Å². The summed E-state index contributed by atoms with van der Waals surface area (Å²) in [6.45, 7) is 11.7. The molecular formula is C62H76Cl2F2I3N13O7. The fraction of sp³-hybridized carbons (Fsp3) is 0.242. The number of phenolic OH excluding ortho intramolecular Hbond substituents is 1. The number of aromatic nitrogens is 5. The second-order valence-corrected chi connectivity index (χ2v) is 19.6. The molecule has 20 nitrogen and oxygen atoms in total. The van der Waals surface area contributed by atoms with Crippen molar-refractivity contribution in [1.29, 1.82) is 5.26 Å². The number of esters is 1. The number of ketones is 1. The average Bonchev–Trinajstić information content (AvgIpc) is 2.35. The molecule has 27 heteroatoms. The molecule has 4 heterocycles. The SMILES string of the molecule is CC(C)(C)C(=O)CC#N.CC(C)(C)c1cc(N)n(-c2ccc(F)cc2)n1.CI.CI.CI.CNC(=O)c1cc(Cl)ccn1.CNC(=O)c1cc(Oc2ccc(N)cc2)ccn1.COC(=O)c1cc(Cl)ccn1.NNc1ccc(F)cc1.Nc1ccc(O)cc1. The lowest BCUT2D eigenvalue weighted by Crippen LogP contribution is -2.18. The number of nitrogens with zero attached hydrogens (tertiary/aromatic N) is 6. The van der Waals surface area contributed by atoms with E-state index in [9.17, 15) is 28.0 Å². The van der Waals surface area contributed by atoms with Crippen molar-refractivity contribution in [1.82, 2.24) is 35.4 Å². The number of benzene rings is 4. The van der Waals surface area contributed by atoms with E-state index in [1.54, 1.807) is 116 Å². The Kier molecular flexibility index (Phi) is 43.7. The molecular weight excluding hydrogens is 1530 g/mol. The molecule has 89 heavy (non-hydrogen) atoms. The number of amides is 2. The average molecular weight is 1600 g/mol. The molecule has 0 saturated carbocycles. The van der Waals surface area contributed by atoms with Crippen LogP contribution in [0.4, 0.5) is 31.7 Å². The Bertz CT molecular complexity index is 3280. The predicted molar refractivity (Wildman–Crippen MR) is 380 cm³/mol. The predicted octanol–water partition coefficient (Wildman–Crippen LogP) is 14.1. The highest BCUT2D eigenvalue weighted by molar-refractivity contribution is 14.1. The molecule has 8 rings (SSSR count). The number of nitrogens with two attached hydrogens (primary N) is 4. The number of anilines is 4. The molecule has 4 aromatic carbocycles. The summed E-state index contributed by atoms with van der Waals surface area (Å²) in [6, 6.07) is 38.4. The highest BCUT2D eigenvalue weighted by Crippen LogP contribution is 2.25. The maximum absolute atomic E-state index is 12.8. The second-order valence-electron chi connectivity index (χ2n) is 18.8. The summed E-state index contributed by atoms with van der Waals surface area (Å²) in [5.74, 6) is 5.55. The van der Waals surface area contributed by atoms with Gasteiger partial charge in [0, 0.05) is 82.8 Å². The van der Waals surface area contributed by atoms with Gasteiger partial charge in [-0.25, -0.2) is 23.2 Å². The number of methoxy groups -OCH3 is 1. The van der Waals surface area contributed by atoms with Crippen molar-refractivity contribution in [2.24, 2.45) is 11.3 Å². The third kappa shape index (κ3) is 35.9. The summed E-state index contributed by atoms with van der Waals surface area (Å²) in [4.78, 5) is 61.4. The third-order valence-electron chi connectivity index (χ3n) is 10.2. The number of alkyl halides is 3. The zero-order valence-electron chi connectivity index (χ0n) is 51.3. The van der Waals surface area contributed by atoms with Crippen LogP contribution in [0.2, 0.25) is 10.0 Å². The van der Waals surface area contributed by atoms with Gasteiger partial charge < -0.3 is 47.8 Å². The number of nitriles is 1. The molecule has 8 aromatic rings. The largest absolute Gasteiger partial charge is 0.508 e. The number of phenols is 1. The Balaban J connectivity index is 0. The van der Waals surface area contributed by atoms with Crippen molar-refractivity contribution in [2.75, 3.05) is 58.6 Å². The number of carbonyl (C=O) groups excluding carboxylic acids is 4. The van der Waals surface area contributed by atoms with Gasteiger partial charge >= 0.3 is 5.97 Å². The first-order chi connectivity index (χ1) is 42.1. The van der Waals surface area contributed by atoms with Crippen LogP contribution in [0.25, 0.3) is 5.69 Å². The normalized spacial score (nSPS) is 9.52. The Hall–Kier alpha value is -7.50. The number of halogens is 7. The first-order valence-corrected chi connectivity index (χ1v) is 33.0. The van der Waals surface area contributed by atoms with E-state index in [0.717, 1.165) is 11.4 Å². The second kappa shape index (κ2) is 46.6. The van der Waals surface area contributed by atoms with Crippen LogP contribution in [0.3, 0.4) is 0 Å². The maximum atomic E-state index is 12.8. The number of carbonyl (C=O) groups is 4. The van der Waals surface area contributed by atoms with Crippen molar-refractivity contribution in [3.63, 3.8) is 0 Å². The Morgan fingerprint density at radius 3 is 1.44 bits per heavy atom. The van der Waals surface area contributed by atoms with Gasteiger partial charge in [-0.05, 0) is 142 Å². The number of ether oxygens (including phenoxy) is 2. The quantitative estimate of drug-likeness (QED) is 0.0133. The number of nitrogens with one attached hydrogen (secondary N) is 3. The number of hydrazine groups is 1. The number of aromatic hydroxyl groups is 1. The summed E-state index contributed by atoms with van der Waals surface area (Å²) >= 11 is 17.7. The van der Waals surface area contributed by atoms with Crippen molar-refractivity contribution in [3.8, 4) is 29.0 Å². The molecule has 0 bridgehead atoms. The number of rotatable bonds is 8. The lowest BCUT2D eigenvalue weighted by Gasteiger charge is -2.14. The summed E-state index contributed by atoms with van der Waals surface area (Å²) in [5, 5.41) is 27.2. The molecule has 0 atom stereocenters. The molecule has 0 fully saturated rings. The van der Waals surface area contributed by atoms with Crippen LogP contribution in [0.5, 0.6) is 17.2 Å². The van der Waals surface area contributed by atoms with Crippen molar-refractivity contribution >= 4 is 137 Å². The lowest BCUT2D eigenvalue weighted by molar-refractivity contribution is -0.125. The summed E-state index contributed by atoms with van der Waals surface area (Å²) in [6.07, 6.45) is 4.50. The van der Waals surface area contributed by atoms with Crippen LogP contribution < -0.4 is 43.8 Å². The van der Waals surface area contributed by atoms with E-state index in [-0.39, 0.29) is 57.9 Å². The standard InChI is InChI=1S/C13H16FN3.C13H13N3O2.C7H7ClN2O.C7H6ClNO2.C7H11NO.C6H7FN2.C6H7NO.3CH3I/c1-13(2,3)11-8-12(15)17(16-11)10-6-4-9(14)5-7-10;1-15-13(17)12-8-11(6-7-16-12)18-10-4-2-9(14)3-5-10;1-9-7(11)6-4-5(8)2-3-10-6;1-11-7(10)6-4-5(8)2-3-9-6;1-7(2,3)6(9)4-5-8;7-5-1-3-6(9-8)4-2-5;7-5-1-3-6(8)4-2-5;3*1-2/h4-8H,15H2,1-3H3;2-8H,14H2,1H3,(H,15,17);2-4H,1H3,(H,9,11);2-4H,1H3;4H2,1-3H3;1-4,9H,8H2;1-4,8H,7H2;3*1H3. The summed E-state index contributed by atoms with van der Waals surface area (Å²) in [5.41, 5.74) is 23.4. The maximum Gasteiger partial charge on any atom is 0.356 e. The van der Waals surface area contributed by atoms with Crippen LogP contribution in [-0.4, -0.2) is 89.4 Å². The van der Waals surface area contributed by atoms with E-state index in [0.29, 0.717) is 55.8 Å². The number of Topliss-reactive ketones (excluding diaryl/α,β-unsaturated/α-hetero) is 1. The lowest BCUT2D eigenvalue weighted by atomic mass is 9.89. The van der Waals surface area contributed by atoms with E-state index >= 15 is 0 Å². The minimum absolute atomic E-state index is 0.00463. The first-order valence-electron chi connectivity index (χ1n) is 25.8. The van der Waals surface area contributed by atoms with Gasteiger partial charge in [-0.15, -0.1) is 0 Å². The van der Waals surface area contributed by atoms with E-state index in [1.807, 2.05) is 47.7 Å². The summed E-state index contributed by atoms with van der Waals surface area (Å²) in [7, 11) is 4.40. The highest BCUT2D eigenvalue weighted by Gasteiger charge is 2.21. The molecule has 2 amide bonds. The smallest absolute Gasteiger partial charge is 0.356 e. The van der Waals surface area contributed by atoms with Crippen LogP contribution in [-0.2, 0) is 14.9 Å². The molecule has 0 spiro atoms. The number of pyridine rings is 3. The number of hydrogen-bond donors (Lipinski definition) is 8. The zero-order chi connectivity index (χ0) is 68.3. The molecule has 480 valence electrons. The molecule has 0 radical (unpaired) electrons. The minimum atomic E-state index is -0.479. The molecule has 0 unspecified atom stereocenters. The minimum Gasteiger partial charge on any atom is -0.508 e. The van der Waals surface area contributed by atoms with Gasteiger partial charge in [0.2, 0.25) is 0 Å². The van der Waals surface area contributed by atoms with Crippen LogP contribution in [0, 0.1) is 28.4 Å². The topological polar surface area (TPSA) is 327 Å². The van der Waals surface area contributed by atoms with Crippen molar-refractivity contribution < 1.29 is 42.5 Å². The fourth-order valence-corrected chi connectivity index (χ4v) is 5.90. The molecule has 0 aliphatic carbocycles. The van der Waals surface area contributed by atoms with Crippen LogP contribution in [0.1, 0.15) is 85.1 Å². The molecule has 0 aliphatic heterocycles. The van der Waals surface area contributed by atoms with Gasteiger partial charge in [0.05, 0.1) is 31.0 Å². The molecule has 0 aliphatic rings. The van der Waals surface area contributed by atoms with Crippen molar-refractivity contribution in [3.05, 3.63) is 203 Å². The summed E-state index contributed by atoms with van der Waals surface area (Å²) < 4.78 is 36.6. The Labute approximate surface area is 570 Å². The fourth-order valence-electron chi connectivity index (χ4n) is 5.59. The van der Waals surface area contributed by atoms with Gasteiger partial charge in [-0.2, -0.15) is 10.4 Å². The van der Waals surface area contributed by atoms with E-state index in [4.69, 9.17) is 61.4 Å². The number of hydrogen-bond acceptors (Lipinski definition) is 17. The zero-order valence-corrected chi connectivity index (χ0v) is 59.2. The van der Waals surface area contributed by atoms with E-state index in [1.165, 1.54) is 62.1 Å². The van der Waals surface area contributed by atoms with Gasteiger partial charge in [0.1, 0.15) is 51.8 Å². The molecule has 12 N–H and O–H groups in total. The van der Waals surface area contributed by atoms with E-state index in [2.05, 4.69) is 129 Å². The van der Waals surface area contributed by atoms with Gasteiger partial charge in [-0.3, -0.25) is 30.2 Å². The van der Waals surface area contributed by atoms with Gasteiger partial charge in [-0.1, -0.05) is 133 Å².